The SMILES string of the molecule is CCC(=O)Nc1ccc(C(=O)CCCCl)cc1. The molecular formula is C13H16ClNO2. The molecule has 0 aliphatic heterocycles. The average molecular weight is 254 g/mol. The molecule has 0 aromatic heterocycles. The molecule has 0 heterocycles. The van der Waals surface area contributed by atoms with Crippen molar-refractivity contribution in [3.63, 3.8) is 0 Å². The van der Waals surface area contributed by atoms with Gasteiger partial charge in [-0.15, -0.1) is 11.6 Å². The Kier molecular flexibility index (Phi) is 5.70. The number of Topliss-reactive ketones (excluding diaryl/α,β-unsaturated/α-hetero) is 1. The van der Waals surface area contributed by atoms with Gasteiger partial charge in [0.05, 0.1) is 0 Å². The molecule has 0 aliphatic carbocycles. The van der Waals surface area contributed by atoms with Crippen molar-refractivity contribution in [2.75, 3.05) is 11.2 Å². The molecule has 1 aromatic rings. The highest BCUT2D eigenvalue weighted by molar-refractivity contribution is 6.18. The number of ketones is 1. The first-order valence-electron chi connectivity index (χ1n) is 5.66. The minimum atomic E-state index is -0.0359. The summed E-state index contributed by atoms with van der Waals surface area (Å²) in [6.07, 6.45) is 1.59. The number of halogens is 1. The molecule has 1 rings (SSSR count). The number of alkyl halides is 1. The molecule has 0 aliphatic rings. The summed E-state index contributed by atoms with van der Waals surface area (Å²) in [7, 11) is 0. The lowest BCUT2D eigenvalue weighted by Gasteiger charge is -2.04. The third-order valence-corrected chi connectivity index (χ3v) is 2.62. The van der Waals surface area contributed by atoms with E-state index in [1.807, 2.05) is 0 Å². The maximum absolute atomic E-state index is 11.6. The molecule has 92 valence electrons. The van der Waals surface area contributed by atoms with Crippen LogP contribution in [-0.2, 0) is 4.79 Å². The van der Waals surface area contributed by atoms with Crippen LogP contribution in [0.25, 0.3) is 0 Å². The number of carbonyl (C=O) groups is 2. The standard InChI is InChI=1S/C13H16ClNO2/c1-2-13(17)15-11-7-5-10(6-8-11)12(16)4-3-9-14/h5-8H,2-4,9H2,1H3,(H,15,17). The summed E-state index contributed by atoms with van der Waals surface area (Å²) in [6, 6.07) is 6.92. The lowest BCUT2D eigenvalue weighted by Crippen LogP contribution is -2.09. The monoisotopic (exact) mass is 253 g/mol. The van der Waals surface area contributed by atoms with Gasteiger partial charge in [0.15, 0.2) is 5.78 Å². The molecule has 1 amide bonds. The second-order valence-corrected chi connectivity index (χ2v) is 4.07. The lowest BCUT2D eigenvalue weighted by molar-refractivity contribution is -0.115. The van der Waals surface area contributed by atoms with Gasteiger partial charge in [-0.05, 0) is 30.7 Å². The molecule has 0 saturated carbocycles. The molecule has 0 saturated heterocycles. The minimum Gasteiger partial charge on any atom is -0.326 e. The predicted octanol–water partition coefficient (Wildman–Crippen LogP) is 3.24. The van der Waals surface area contributed by atoms with Crippen LogP contribution in [0.5, 0.6) is 0 Å². The Morgan fingerprint density at radius 2 is 1.88 bits per heavy atom. The third-order valence-electron chi connectivity index (χ3n) is 2.35. The van der Waals surface area contributed by atoms with E-state index in [2.05, 4.69) is 5.32 Å². The van der Waals surface area contributed by atoms with Crippen LogP contribution >= 0.6 is 11.6 Å². The van der Waals surface area contributed by atoms with E-state index in [0.29, 0.717) is 36.4 Å². The van der Waals surface area contributed by atoms with E-state index in [1.165, 1.54) is 0 Å². The van der Waals surface area contributed by atoms with Gasteiger partial charge in [0.25, 0.3) is 0 Å². The fraction of sp³-hybridized carbons (Fsp3) is 0.385. The number of nitrogens with one attached hydrogen (secondary N) is 1. The molecule has 1 aromatic carbocycles. The van der Waals surface area contributed by atoms with Gasteiger partial charge in [0.1, 0.15) is 0 Å². The molecule has 0 radical (unpaired) electrons. The first kappa shape index (κ1) is 13.7. The highest BCUT2D eigenvalue weighted by Crippen LogP contribution is 2.12. The van der Waals surface area contributed by atoms with Crippen LogP contribution in [0.1, 0.15) is 36.5 Å². The zero-order chi connectivity index (χ0) is 12.7. The van der Waals surface area contributed by atoms with E-state index < -0.39 is 0 Å². The van der Waals surface area contributed by atoms with Gasteiger partial charge in [-0.2, -0.15) is 0 Å². The van der Waals surface area contributed by atoms with E-state index in [4.69, 9.17) is 11.6 Å². The van der Waals surface area contributed by atoms with Crippen LogP contribution < -0.4 is 5.32 Å². The third kappa shape index (κ3) is 4.57. The molecule has 1 N–H and O–H groups in total. The minimum absolute atomic E-state index is 0.0359. The molecule has 4 heteroatoms. The maximum atomic E-state index is 11.6. The molecule has 0 fully saturated rings. The highest BCUT2D eigenvalue weighted by Gasteiger charge is 2.05. The van der Waals surface area contributed by atoms with Crippen LogP contribution in [0.15, 0.2) is 24.3 Å². The summed E-state index contributed by atoms with van der Waals surface area (Å²) >= 11 is 5.53. The Morgan fingerprint density at radius 1 is 1.24 bits per heavy atom. The van der Waals surface area contributed by atoms with Gasteiger partial charge < -0.3 is 5.32 Å². The van der Waals surface area contributed by atoms with Crippen molar-refractivity contribution in [3.05, 3.63) is 29.8 Å². The second-order valence-electron chi connectivity index (χ2n) is 3.69. The van der Waals surface area contributed by atoms with Crippen molar-refractivity contribution >= 4 is 29.0 Å². The summed E-state index contributed by atoms with van der Waals surface area (Å²) in [5.74, 6) is 0.543. The van der Waals surface area contributed by atoms with Crippen molar-refractivity contribution in [2.24, 2.45) is 0 Å². The van der Waals surface area contributed by atoms with Gasteiger partial charge in [0.2, 0.25) is 5.91 Å². The fourth-order valence-electron chi connectivity index (χ4n) is 1.36. The maximum Gasteiger partial charge on any atom is 0.224 e. The van der Waals surface area contributed by atoms with E-state index >= 15 is 0 Å². The summed E-state index contributed by atoms with van der Waals surface area (Å²) in [6.45, 7) is 1.79. The van der Waals surface area contributed by atoms with Gasteiger partial charge in [-0.1, -0.05) is 6.92 Å². The average Bonchev–Trinajstić information content (AvgIpc) is 2.36. The predicted molar refractivity (Wildman–Crippen MR) is 69.6 cm³/mol. The number of carbonyl (C=O) groups excluding carboxylic acids is 2. The smallest absolute Gasteiger partial charge is 0.224 e. The molecule has 0 atom stereocenters. The lowest BCUT2D eigenvalue weighted by atomic mass is 10.1. The van der Waals surface area contributed by atoms with Crippen LogP contribution in [0.4, 0.5) is 5.69 Å². The number of rotatable bonds is 6. The van der Waals surface area contributed by atoms with E-state index in [-0.39, 0.29) is 11.7 Å². The van der Waals surface area contributed by atoms with Crippen LogP contribution in [-0.4, -0.2) is 17.6 Å². The van der Waals surface area contributed by atoms with Gasteiger partial charge in [-0.3, -0.25) is 9.59 Å². The van der Waals surface area contributed by atoms with E-state index in [9.17, 15) is 9.59 Å². The second kappa shape index (κ2) is 7.07. The van der Waals surface area contributed by atoms with Gasteiger partial charge in [0, 0.05) is 30.0 Å². The van der Waals surface area contributed by atoms with Crippen molar-refractivity contribution < 1.29 is 9.59 Å². The van der Waals surface area contributed by atoms with E-state index in [1.54, 1.807) is 31.2 Å². The quantitative estimate of drug-likeness (QED) is 0.625. The largest absolute Gasteiger partial charge is 0.326 e. The van der Waals surface area contributed by atoms with Crippen LogP contribution in [0.3, 0.4) is 0 Å². The molecule has 17 heavy (non-hydrogen) atoms. The number of hydrogen-bond acceptors (Lipinski definition) is 2. The summed E-state index contributed by atoms with van der Waals surface area (Å²) in [4.78, 5) is 22.8. The number of hydrogen-bond donors (Lipinski definition) is 1. The van der Waals surface area contributed by atoms with Crippen molar-refractivity contribution in [3.8, 4) is 0 Å². The zero-order valence-corrected chi connectivity index (χ0v) is 10.6. The number of amides is 1. The van der Waals surface area contributed by atoms with Crippen molar-refractivity contribution in [1.29, 1.82) is 0 Å². The Balaban J connectivity index is 2.61. The van der Waals surface area contributed by atoms with Gasteiger partial charge in [-0.25, -0.2) is 0 Å². The first-order valence-corrected chi connectivity index (χ1v) is 6.20. The zero-order valence-electron chi connectivity index (χ0n) is 9.83. The van der Waals surface area contributed by atoms with Crippen molar-refractivity contribution in [2.45, 2.75) is 26.2 Å². The Hall–Kier alpha value is -1.35. The van der Waals surface area contributed by atoms with E-state index in [0.717, 1.165) is 0 Å². The molecule has 0 bridgehead atoms. The number of benzene rings is 1. The highest BCUT2D eigenvalue weighted by atomic mass is 35.5. The van der Waals surface area contributed by atoms with Crippen LogP contribution in [0.2, 0.25) is 0 Å². The summed E-state index contributed by atoms with van der Waals surface area (Å²) in [5.41, 5.74) is 1.37. The Morgan fingerprint density at radius 3 is 2.41 bits per heavy atom. The normalized spacial score (nSPS) is 10.0. The Bertz CT molecular complexity index is 387. The first-order chi connectivity index (χ1) is 8.17. The topological polar surface area (TPSA) is 46.2 Å². The molecule has 0 spiro atoms. The van der Waals surface area contributed by atoms with Crippen LogP contribution in [0, 0.1) is 0 Å². The fourth-order valence-corrected chi connectivity index (χ4v) is 1.49. The molecule has 3 nitrogen and oxygen atoms in total. The van der Waals surface area contributed by atoms with Crippen molar-refractivity contribution in [1.82, 2.24) is 0 Å². The number of anilines is 1. The molecular weight excluding hydrogens is 238 g/mol. The molecule has 0 unspecified atom stereocenters. The summed E-state index contributed by atoms with van der Waals surface area (Å²) < 4.78 is 0. The summed E-state index contributed by atoms with van der Waals surface area (Å²) in [5, 5.41) is 2.73. The Labute approximate surface area is 106 Å². The van der Waals surface area contributed by atoms with Gasteiger partial charge >= 0.3 is 0 Å².